The van der Waals surface area contributed by atoms with Crippen molar-refractivity contribution < 1.29 is 4.79 Å². The van der Waals surface area contributed by atoms with Crippen LogP contribution in [0.3, 0.4) is 0 Å². The highest BCUT2D eigenvalue weighted by molar-refractivity contribution is 14.0. The molecule has 7 nitrogen and oxygen atoms in total. The van der Waals surface area contributed by atoms with Crippen molar-refractivity contribution in [3.63, 3.8) is 0 Å². The van der Waals surface area contributed by atoms with Crippen LogP contribution in [-0.2, 0) is 18.4 Å². The molecule has 3 rings (SSSR count). The fourth-order valence-corrected chi connectivity index (χ4v) is 3.56. The van der Waals surface area contributed by atoms with E-state index in [9.17, 15) is 4.79 Å². The van der Waals surface area contributed by atoms with Gasteiger partial charge >= 0.3 is 0 Å². The van der Waals surface area contributed by atoms with Crippen LogP contribution in [0.1, 0.15) is 25.1 Å². The van der Waals surface area contributed by atoms with Gasteiger partial charge < -0.3 is 20.1 Å². The maximum absolute atomic E-state index is 11.5. The molecule has 27 heavy (non-hydrogen) atoms. The number of aromatic nitrogens is 2. The van der Waals surface area contributed by atoms with Gasteiger partial charge in [-0.15, -0.1) is 24.0 Å². The molecule has 0 atom stereocenters. The lowest BCUT2D eigenvalue weighted by molar-refractivity contribution is -0.121. The lowest BCUT2D eigenvalue weighted by Crippen LogP contribution is -2.46. The summed E-state index contributed by atoms with van der Waals surface area (Å²) in [5.41, 5.74) is 2.14. The zero-order chi connectivity index (χ0) is 18.5. The Morgan fingerprint density at radius 3 is 2.63 bits per heavy atom. The molecule has 8 heteroatoms. The molecule has 0 aliphatic carbocycles. The van der Waals surface area contributed by atoms with Crippen LogP contribution in [0.5, 0.6) is 0 Å². The van der Waals surface area contributed by atoms with Gasteiger partial charge in [-0.2, -0.15) is 0 Å². The Balaban J connectivity index is 0.00000261. The van der Waals surface area contributed by atoms with Crippen molar-refractivity contribution in [1.29, 1.82) is 0 Å². The molecule has 0 spiro atoms. The first-order chi connectivity index (χ1) is 12.6. The average molecular weight is 484 g/mol. The molecule has 0 radical (unpaired) electrons. The summed E-state index contributed by atoms with van der Waals surface area (Å²) in [4.78, 5) is 22.9. The number of para-hydroxylation sites is 2. The molecule has 1 amide bonds. The zero-order valence-corrected chi connectivity index (χ0v) is 18.6. The predicted octanol–water partition coefficient (Wildman–Crippen LogP) is 2.11. The van der Waals surface area contributed by atoms with Crippen LogP contribution >= 0.6 is 24.0 Å². The molecular formula is C19H29IN6O. The van der Waals surface area contributed by atoms with Gasteiger partial charge in [0.2, 0.25) is 5.91 Å². The largest absolute Gasteiger partial charge is 0.359 e. The Morgan fingerprint density at radius 1 is 1.30 bits per heavy atom. The third-order valence-electron chi connectivity index (χ3n) is 5.16. The number of nitrogens with one attached hydrogen (secondary N) is 2. The molecule has 148 valence electrons. The fourth-order valence-electron chi connectivity index (χ4n) is 3.56. The molecule has 1 aromatic heterocycles. The van der Waals surface area contributed by atoms with E-state index in [1.54, 1.807) is 7.05 Å². The number of carbonyl (C=O) groups is 1. The number of hydrogen-bond acceptors (Lipinski definition) is 3. The molecule has 2 heterocycles. The van der Waals surface area contributed by atoms with Gasteiger partial charge in [-0.05, 0) is 30.9 Å². The second-order valence-electron chi connectivity index (χ2n) is 6.78. The van der Waals surface area contributed by atoms with Gasteiger partial charge in [0.1, 0.15) is 5.82 Å². The number of amides is 1. The fraction of sp³-hybridized carbons (Fsp3) is 0.526. The van der Waals surface area contributed by atoms with Gasteiger partial charge in [-0.3, -0.25) is 9.79 Å². The monoisotopic (exact) mass is 484 g/mol. The van der Waals surface area contributed by atoms with Gasteiger partial charge in [0, 0.05) is 40.7 Å². The summed E-state index contributed by atoms with van der Waals surface area (Å²) in [7, 11) is 5.55. The number of fused-ring (bicyclic) bond motifs is 1. The highest BCUT2D eigenvalue weighted by atomic mass is 127. The number of piperidine rings is 1. The minimum Gasteiger partial charge on any atom is -0.359 e. The van der Waals surface area contributed by atoms with Crippen molar-refractivity contribution in [3.8, 4) is 0 Å². The first kappa shape index (κ1) is 21.5. The Bertz CT molecular complexity index is 795. The summed E-state index contributed by atoms with van der Waals surface area (Å²) in [6.45, 7) is 2.48. The van der Waals surface area contributed by atoms with E-state index < -0.39 is 0 Å². The number of imidazole rings is 1. The normalized spacial score (nSPS) is 15.5. The van der Waals surface area contributed by atoms with Crippen molar-refractivity contribution in [3.05, 3.63) is 30.1 Å². The van der Waals surface area contributed by atoms with Gasteiger partial charge in [0.25, 0.3) is 0 Å². The van der Waals surface area contributed by atoms with Gasteiger partial charge in [-0.25, -0.2) is 4.98 Å². The first-order valence-corrected chi connectivity index (χ1v) is 9.19. The number of guanidine groups is 1. The number of halogens is 1. The van der Waals surface area contributed by atoms with E-state index in [0.717, 1.165) is 48.7 Å². The van der Waals surface area contributed by atoms with Crippen LogP contribution in [0.15, 0.2) is 29.3 Å². The number of aryl methyl sites for hydroxylation is 1. The number of nitrogens with zero attached hydrogens (tertiary/aromatic N) is 4. The Labute approximate surface area is 177 Å². The van der Waals surface area contributed by atoms with E-state index in [0.29, 0.717) is 18.9 Å². The van der Waals surface area contributed by atoms with Crippen LogP contribution < -0.4 is 10.6 Å². The topological polar surface area (TPSA) is 74.5 Å². The third-order valence-corrected chi connectivity index (χ3v) is 5.16. The van der Waals surface area contributed by atoms with Crippen LogP contribution in [0.2, 0.25) is 0 Å². The number of hydrogen-bond donors (Lipinski definition) is 2. The second-order valence-corrected chi connectivity index (χ2v) is 6.78. The quantitative estimate of drug-likeness (QED) is 0.396. The SMILES string of the molecule is CN=C(NCc1nc2ccccc2n1C)N1CCC(CC(=O)NC)CC1.I. The van der Waals surface area contributed by atoms with E-state index in [2.05, 4.69) is 31.2 Å². The highest BCUT2D eigenvalue weighted by Gasteiger charge is 2.23. The van der Waals surface area contributed by atoms with Gasteiger partial charge in [0.05, 0.1) is 17.6 Å². The maximum Gasteiger partial charge on any atom is 0.220 e. The minimum absolute atomic E-state index is 0. The zero-order valence-electron chi connectivity index (χ0n) is 16.2. The van der Waals surface area contributed by atoms with Crippen LogP contribution in [0.4, 0.5) is 0 Å². The smallest absolute Gasteiger partial charge is 0.220 e. The molecule has 0 bridgehead atoms. The van der Waals surface area contributed by atoms with Crippen LogP contribution in [0.25, 0.3) is 11.0 Å². The molecule has 1 aliphatic heterocycles. The Kier molecular flexibility index (Phi) is 7.88. The van der Waals surface area contributed by atoms with E-state index in [1.807, 2.05) is 32.3 Å². The number of benzene rings is 1. The molecule has 1 fully saturated rings. The average Bonchev–Trinajstić information content (AvgIpc) is 2.99. The van der Waals surface area contributed by atoms with E-state index >= 15 is 0 Å². The van der Waals surface area contributed by atoms with E-state index in [1.165, 1.54) is 0 Å². The first-order valence-electron chi connectivity index (χ1n) is 9.19. The lowest BCUT2D eigenvalue weighted by Gasteiger charge is -2.34. The molecule has 1 saturated heterocycles. The Morgan fingerprint density at radius 2 is 2.00 bits per heavy atom. The highest BCUT2D eigenvalue weighted by Crippen LogP contribution is 2.20. The molecule has 0 saturated carbocycles. The molecule has 0 unspecified atom stereocenters. The molecule has 2 aromatic rings. The van der Waals surface area contributed by atoms with Crippen molar-refractivity contribution in [1.82, 2.24) is 25.1 Å². The van der Waals surface area contributed by atoms with Crippen molar-refractivity contribution >= 4 is 46.9 Å². The maximum atomic E-state index is 11.5. The standard InChI is InChI=1S/C19H28N6O.HI/c1-20-18(26)12-14-8-10-25(11-9-14)19(21-2)22-13-17-23-15-6-4-5-7-16(15)24(17)3;/h4-7,14H,8-13H2,1-3H3,(H,20,26)(H,21,22);1H. The number of aliphatic imine (C=N–C) groups is 1. The van der Waals surface area contributed by atoms with E-state index in [4.69, 9.17) is 4.98 Å². The molecule has 1 aliphatic rings. The summed E-state index contributed by atoms with van der Waals surface area (Å²) >= 11 is 0. The molecular weight excluding hydrogens is 455 g/mol. The number of likely N-dealkylation sites (tertiary alicyclic amines) is 1. The summed E-state index contributed by atoms with van der Waals surface area (Å²) in [6.07, 6.45) is 2.65. The predicted molar refractivity (Wildman–Crippen MR) is 119 cm³/mol. The summed E-state index contributed by atoms with van der Waals surface area (Å²) < 4.78 is 2.12. The van der Waals surface area contributed by atoms with Crippen LogP contribution in [0, 0.1) is 5.92 Å². The lowest BCUT2D eigenvalue weighted by atomic mass is 9.93. The number of carbonyl (C=O) groups excluding carboxylic acids is 1. The van der Waals surface area contributed by atoms with Gasteiger partial charge in [0.15, 0.2) is 5.96 Å². The summed E-state index contributed by atoms with van der Waals surface area (Å²) in [5, 5.41) is 6.15. The number of rotatable bonds is 4. The van der Waals surface area contributed by atoms with Crippen molar-refractivity contribution in [2.75, 3.05) is 27.2 Å². The van der Waals surface area contributed by atoms with E-state index in [-0.39, 0.29) is 29.9 Å². The third kappa shape index (κ3) is 5.12. The van der Waals surface area contributed by atoms with Crippen LogP contribution in [-0.4, -0.2) is 53.5 Å². The molecule has 1 aromatic carbocycles. The summed E-state index contributed by atoms with van der Waals surface area (Å²) in [6, 6.07) is 8.15. The summed E-state index contributed by atoms with van der Waals surface area (Å²) in [5.74, 6) is 2.48. The van der Waals surface area contributed by atoms with Crippen molar-refractivity contribution in [2.45, 2.75) is 25.8 Å². The Hall–Kier alpha value is -1.84. The van der Waals surface area contributed by atoms with Gasteiger partial charge in [-0.1, -0.05) is 12.1 Å². The molecule has 2 N–H and O–H groups in total. The minimum atomic E-state index is 0. The second kappa shape index (κ2) is 9.91. The van der Waals surface area contributed by atoms with Crippen molar-refractivity contribution in [2.24, 2.45) is 18.0 Å².